The second-order valence-corrected chi connectivity index (χ2v) is 25.6. The van der Waals surface area contributed by atoms with Crippen molar-refractivity contribution in [3.05, 3.63) is 85.1 Å². The Morgan fingerprint density at radius 1 is 0.438 bits per heavy atom. The summed E-state index contributed by atoms with van der Waals surface area (Å²) in [6.45, 7) is 4.80. The van der Waals surface area contributed by atoms with Crippen LogP contribution in [-0.4, -0.2) is 73.4 Å². The van der Waals surface area contributed by atoms with Crippen molar-refractivity contribution in [1.82, 2.24) is 5.32 Å². The number of carbonyl (C=O) groups excluding carboxylic acids is 1. The van der Waals surface area contributed by atoms with Gasteiger partial charge in [0.15, 0.2) is 0 Å². The average Bonchev–Trinajstić information content (AvgIpc) is 3.42. The zero-order valence-corrected chi connectivity index (χ0v) is 54.2. The van der Waals surface area contributed by atoms with E-state index in [4.69, 9.17) is 9.05 Å². The zero-order chi connectivity index (χ0) is 58.4. The van der Waals surface area contributed by atoms with Gasteiger partial charge in [-0.1, -0.05) is 317 Å². The van der Waals surface area contributed by atoms with Crippen LogP contribution in [0.4, 0.5) is 0 Å². The monoisotopic (exact) mass is 1140 g/mol. The maximum atomic E-state index is 13.1. The summed E-state index contributed by atoms with van der Waals surface area (Å²) in [6.07, 6.45) is 86.7. The Hall–Kier alpha value is -2.32. The summed E-state index contributed by atoms with van der Waals surface area (Å²) in [5.41, 5.74) is 0. The van der Waals surface area contributed by atoms with Crippen LogP contribution in [0, 0.1) is 0 Å². The highest BCUT2D eigenvalue weighted by molar-refractivity contribution is 7.47. The molecule has 0 aromatic rings. The Kier molecular flexibility index (Phi) is 59.5. The second kappa shape index (κ2) is 61.2. The van der Waals surface area contributed by atoms with Crippen LogP contribution >= 0.6 is 7.82 Å². The summed E-state index contributed by atoms with van der Waals surface area (Å²) >= 11 is 0. The number of carbonyl (C=O) groups is 1. The van der Waals surface area contributed by atoms with Crippen LogP contribution in [0.25, 0.3) is 0 Å². The number of rotatable bonds is 62. The fraction of sp³-hybridized carbons (Fsp3) is 0.789. The Morgan fingerprint density at radius 3 is 1.10 bits per heavy atom. The summed E-state index contributed by atoms with van der Waals surface area (Å²) in [5.74, 6) is -0.150. The number of phosphoric ester groups is 1. The van der Waals surface area contributed by atoms with E-state index in [1.54, 1.807) is 0 Å². The SMILES string of the molecule is CC/C=C\C/C=C\C/C=C\C/C=C\C/C=C\C/C=C\C/C=C\CCCCCCCCCCCC(=O)NC(COP(=O)(O)OCC[N+](C)(C)C)C(O)CCCCCCCCCCCCCCCCCCCCCCCCCCCCC. The van der Waals surface area contributed by atoms with E-state index in [0.29, 0.717) is 23.9 Å². The molecular formula is C71H132N2O6P+. The molecule has 0 aliphatic heterocycles. The molecule has 9 heteroatoms. The third-order valence-corrected chi connectivity index (χ3v) is 16.1. The maximum Gasteiger partial charge on any atom is 0.472 e. The van der Waals surface area contributed by atoms with Gasteiger partial charge in [0.1, 0.15) is 13.2 Å². The summed E-state index contributed by atoms with van der Waals surface area (Å²) < 4.78 is 23.9. The van der Waals surface area contributed by atoms with Crippen molar-refractivity contribution in [1.29, 1.82) is 0 Å². The molecule has 0 fully saturated rings. The third kappa shape index (κ3) is 63.3. The number of nitrogens with one attached hydrogen (secondary N) is 1. The van der Waals surface area contributed by atoms with Crippen molar-refractivity contribution in [2.75, 3.05) is 40.9 Å². The van der Waals surface area contributed by atoms with E-state index in [0.717, 1.165) is 89.9 Å². The number of phosphoric acid groups is 1. The lowest BCUT2D eigenvalue weighted by molar-refractivity contribution is -0.870. The molecule has 0 rings (SSSR count). The number of hydrogen-bond acceptors (Lipinski definition) is 5. The molecule has 0 aliphatic rings. The van der Waals surface area contributed by atoms with Crippen molar-refractivity contribution in [2.24, 2.45) is 0 Å². The number of hydrogen-bond donors (Lipinski definition) is 3. The van der Waals surface area contributed by atoms with Gasteiger partial charge < -0.3 is 19.8 Å². The number of likely N-dealkylation sites (N-methyl/N-ethyl adjacent to an activating group) is 1. The molecule has 3 unspecified atom stereocenters. The van der Waals surface area contributed by atoms with Crippen molar-refractivity contribution >= 4 is 13.7 Å². The number of quaternary nitrogens is 1. The quantitative estimate of drug-likeness (QED) is 0.0243. The van der Waals surface area contributed by atoms with Gasteiger partial charge in [0.25, 0.3) is 0 Å². The van der Waals surface area contributed by atoms with Crippen molar-refractivity contribution < 1.29 is 32.9 Å². The standard InChI is InChI=1S/C71H131N2O6P/c1-6-8-10-12-14-16-18-20-22-24-26-28-30-32-34-35-36-37-39-41-43-45-47-49-51-53-55-57-59-61-63-65-71(75)72-69(68-79-80(76,77)78-67-66-73(3,4)5)70(74)64-62-60-58-56-54-52-50-48-46-44-42-40-38-33-31-29-27-25-23-21-19-17-15-13-11-9-7-2/h8,10,14,16,20,22,26,28,32,34,36-37,41,43,69-70,74H,6-7,9,11-13,15,17-19,21,23-25,27,29-31,33,35,38-40,42,44-68H2,1-5H3,(H-,72,75,76,77)/p+1/b10-8-,16-14-,22-20-,28-26-,34-32-,37-36-,43-41-. The first kappa shape index (κ1) is 77.7. The zero-order valence-electron chi connectivity index (χ0n) is 53.3. The summed E-state index contributed by atoms with van der Waals surface area (Å²) in [6, 6.07) is -0.771. The van der Waals surface area contributed by atoms with Crippen LogP contribution in [-0.2, 0) is 18.4 Å². The number of aliphatic hydroxyl groups is 1. The van der Waals surface area contributed by atoms with Crippen LogP contribution in [0.2, 0.25) is 0 Å². The minimum absolute atomic E-state index is 0.0703. The average molecular weight is 1140 g/mol. The molecule has 0 bridgehead atoms. The number of amides is 1. The van der Waals surface area contributed by atoms with Gasteiger partial charge in [-0.2, -0.15) is 0 Å². The van der Waals surface area contributed by atoms with Gasteiger partial charge in [-0.05, 0) is 70.6 Å². The lowest BCUT2D eigenvalue weighted by atomic mass is 10.0. The molecule has 0 radical (unpaired) electrons. The Bertz CT molecular complexity index is 1580. The number of aliphatic hydroxyl groups excluding tert-OH is 1. The smallest absolute Gasteiger partial charge is 0.391 e. The van der Waals surface area contributed by atoms with Crippen LogP contribution < -0.4 is 5.32 Å². The van der Waals surface area contributed by atoms with E-state index >= 15 is 0 Å². The van der Waals surface area contributed by atoms with Gasteiger partial charge in [0.05, 0.1) is 39.9 Å². The van der Waals surface area contributed by atoms with Crippen LogP contribution in [0.15, 0.2) is 85.1 Å². The maximum absolute atomic E-state index is 13.1. The van der Waals surface area contributed by atoms with Gasteiger partial charge in [0.2, 0.25) is 5.91 Å². The molecule has 3 atom stereocenters. The first-order valence-corrected chi connectivity index (χ1v) is 35.4. The molecule has 0 aromatic heterocycles. The number of unbranched alkanes of at least 4 members (excludes halogenated alkanes) is 35. The highest BCUT2D eigenvalue weighted by atomic mass is 31.2. The van der Waals surface area contributed by atoms with Crippen molar-refractivity contribution in [3.8, 4) is 0 Å². The van der Waals surface area contributed by atoms with Gasteiger partial charge >= 0.3 is 7.82 Å². The van der Waals surface area contributed by atoms with Crippen molar-refractivity contribution in [3.63, 3.8) is 0 Å². The van der Waals surface area contributed by atoms with E-state index in [9.17, 15) is 19.4 Å². The summed E-state index contributed by atoms with van der Waals surface area (Å²) in [4.78, 5) is 23.5. The molecule has 0 saturated carbocycles. The molecule has 0 aliphatic carbocycles. The van der Waals surface area contributed by atoms with E-state index in [2.05, 4.69) is 104 Å². The largest absolute Gasteiger partial charge is 0.472 e. The predicted octanol–water partition coefficient (Wildman–Crippen LogP) is 21.5. The minimum atomic E-state index is -4.34. The van der Waals surface area contributed by atoms with Crippen molar-refractivity contribution in [2.45, 2.75) is 321 Å². The predicted molar refractivity (Wildman–Crippen MR) is 350 cm³/mol. The Labute approximate surface area is 497 Å². The topological polar surface area (TPSA) is 105 Å². The number of allylic oxidation sites excluding steroid dienone is 14. The summed E-state index contributed by atoms with van der Waals surface area (Å²) in [7, 11) is 1.61. The first-order valence-electron chi connectivity index (χ1n) is 34.0. The van der Waals surface area contributed by atoms with Crippen LogP contribution in [0.1, 0.15) is 309 Å². The lowest BCUT2D eigenvalue weighted by Crippen LogP contribution is -2.46. The third-order valence-electron chi connectivity index (χ3n) is 15.2. The van der Waals surface area contributed by atoms with Gasteiger partial charge in [-0.25, -0.2) is 4.57 Å². The number of nitrogens with zero attached hydrogens (tertiary/aromatic N) is 1. The molecule has 80 heavy (non-hydrogen) atoms. The minimum Gasteiger partial charge on any atom is -0.391 e. The van der Waals surface area contributed by atoms with Gasteiger partial charge in [0, 0.05) is 6.42 Å². The molecule has 8 nitrogen and oxygen atoms in total. The van der Waals surface area contributed by atoms with Gasteiger partial charge in [-0.15, -0.1) is 0 Å². The Balaban J connectivity index is 4.11. The molecule has 1 amide bonds. The van der Waals surface area contributed by atoms with E-state index in [1.165, 1.54) is 193 Å². The van der Waals surface area contributed by atoms with Crippen LogP contribution in [0.3, 0.4) is 0 Å². The molecule has 466 valence electrons. The lowest BCUT2D eigenvalue weighted by Gasteiger charge is -2.26. The molecule has 0 aromatic carbocycles. The fourth-order valence-electron chi connectivity index (χ4n) is 9.91. The molecule has 0 heterocycles. The molecule has 3 N–H and O–H groups in total. The normalized spacial score (nSPS) is 14.2. The highest BCUT2D eigenvalue weighted by Gasteiger charge is 2.28. The van der Waals surface area contributed by atoms with Crippen LogP contribution in [0.5, 0.6) is 0 Å². The first-order chi connectivity index (χ1) is 39.0. The Morgan fingerprint density at radius 2 is 0.750 bits per heavy atom. The second-order valence-electron chi connectivity index (χ2n) is 24.2. The molecular weight excluding hydrogens is 1010 g/mol. The van der Waals surface area contributed by atoms with E-state index < -0.39 is 20.0 Å². The highest BCUT2D eigenvalue weighted by Crippen LogP contribution is 2.43. The van der Waals surface area contributed by atoms with E-state index in [1.807, 2.05) is 21.1 Å². The molecule has 0 saturated heterocycles. The van der Waals surface area contributed by atoms with Gasteiger partial charge in [-0.3, -0.25) is 13.8 Å². The summed E-state index contributed by atoms with van der Waals surface area (Å²) in [5, 5.41) is 14.1. The van der Waals surface area contributed by atoms with E-state index in [-0.39, 0.29) is 19.1 Å². The molecule has 0 spiro atoms. The fourth-order valence-corrected chi connectivity index (χ4v) is 10.6.